The highest BCUT2D eigenvalue weighted by Crippen LogP contribution is 2.25. The van der Waals surface area contributed by atoms with Crippen molar-refractivity contribution in [1.29, 1.82) is 0 Å². The summed E-state index contributed by atoms with van der Waals surface area (Å²) in [5.41, 5.74) is 14.4. The van der Waals surface area contributed by atoms with E-state index in [0.717, 1.165) is 5.56 Å². The first-order chi connectivity index (χ1) is 13.5. The van der Waals surface area contributed by atoms with E-state index in [1.165, 1.54) is 13.3 Å². The summed E-state index contributed by atoms with van der Waals surface area (Å²) in [6.07, 6.45) is 1.32. The zero-order valence-electron chi connectivity index (χ0n) is 15.5. The van der Waals surface area contributed by atoms with E-state index < -0.39 is 0 Å². The van der Waals surface area contributed by atoms with Crippen LogP contribution in [0.2, 0.25) is 0 Å². The van der Waals surface area contributed by atoms with Crippen LogP contribution in [0.15, 0.2) is 54.9 Å². The van der Waals surface area contributed by atoms with Crippen molar-refractivity contribution in [2.24, 2.45) is 0 Å². The third-order valence-corrected chi connectivity index (χ3v) is 4.12. The van der Waals surface area contributed by atoms with E-state index in [4.69, 9.17) is 5.73 Å². The molecule has 0 spiro atoms. The van der Waals surface area contributed by atoms with Gasteiger partial charge in [0.25, 0.3) is 5.91 Å². The Bertz CT molecular complexity index is 1020. The molecule has 1 aromatic heterocycles. The Balaban J connectivity index is 1.71. The number of ketones is 1. The summed E-state index contributed by atoms with van der Waals surface area (Å²) in [6, 6.07) is 14.2. The number of benzene rings is 2. The molecule has 0 aliphatic heterocycles. The third-order valence-electron chi connectivity index (χ3n) is 4.12. The lowest BCUT2D eigenvalue weighted by atomic mass is 10.1. The lowest BCUT2D eigenvalue weighted by Crippen LogP contribution is -2.30. The van der Waals surface area contributed by atoms with Crippen LogP contribution in [0.1, 0.15) is 33.2 Å². The summed E-state index contributed by atoms with van der Waals surface area (Å²) in [5, 5.41) is 3.07. The average molecular weight is 376 g/mol. The summed E-state index contributed by atoms with van der Waals surface area (Å²) in [7, 11) is 0. The first-order valence-electron chi connectivity index (χ1n) is 8.56. The van der Waals surface area contributed by atoms with Crippen LogP contribution in [0, 0.1) is 6.92 Å². The number of carbonyl (C=O) groups is 2. The van der Waals surface area contributed by atoms with Crippen molar-refractivity contribution in [2.75, 3.05) is 16.5 Å². The van der Waals surface area contributed by atoms with Crippen molar-refractivity contribution >= 4 is 34.7 Å². The SMILES string of the molecule is CC(=O)c1ccc(Nc2ncnc(NNC(=O)c3ccccc3C)c2N)cc1. The quantitative estimate of drug-likeness (QED) is 0.385. The minimum Gasteiger partial charge on any atom is -0.393 e. The van der Waals surface area contributed by atoms with Gasteiger partial charge in [-0.1, -0.05) is 18.2 Å². The molecule has 142 valence electrons. The van der Waals surface area contributed by atoms with Crippen LogP contribution in [-0.4, -0.2) is 21.7 Å². The van der Waals surface area contributed by atoms with Gasteiger partial charge in [0, 0.05) is 16.8 Å². The molecule has 5 N–H and O–H groups in total. The topological polar surface area (TPSA) is 122 Å². The minimum absolute atomic E-state index is 0.0102. The zero-order chi connectivity index (χ0) is 20.1. The fourth-order valence-corrected chi connectivity index (χ4v) is 2.53. The summed E-state index contributed by atoms with van der Waals surface area (Å²) in [4.78, 5) is 31.9. The van der Waals surface area contributed by atoms with Gasteiger partial charge in [-0.15, -0.1) is 0 Å². The maximum Gasteiger partial charge on any atom is 0.269 e. The number of rotatable bonds is 6. The Hall–Kier alpha value is -3.94. The van der Waals surface area contributed by atoms with Crippen LogP contribution in [0.25, 0.3) is 0 Å². The van der Waals surface area contributed by atoms with Gasteiger partial charge in [0.05, 0.1) is 0 Å². The number of hydrazine groups is 1. The molecule has 8 heteroatoms. The minimum atomic E-state index is -0.301. The van der Waals surface area contributed by atoms with Gasteiger partial charge in [0.15, 0.2) is 17.4 Å². The van der Waals surface area contributed by atoms with Crippen LogP contribution in [-0.2, 0) is 0 Å². The van der Waals surface area contributed by atoms with E-state index >= 15 is 0 Å². The summed E-state index contributed by atoms with van der Waals surface area (Å²) < 4.78 is 0. The molecule has 0 aliphatic carbocycles. The average Bonchev–Trinajstić information content (AvgIpc) is 2.69. The predicted octanol–water partition coefficient (Wildman–Crippen LogP) is 3.07. The van der Waals surface area contributed by atoms with Gasteiger partial charge >= 0.3 is 0 Å². The van der Waals surface area contributed by atoms with Crippen LogP contribution >= 0.6 is 0 Å². The molecular weight excluding hydrogens is 356 g/mol. The number of anilines is 4. The molecule has 0 saturated heterocycles. The largest absolute Gasteiger partial charge is 0.393 e. The molecule has 0 radical (unpaired) electrons. The fourth-order valence-electron chi connectivity index (χ4n) is 2.53. The Labute approximate surface area is 162 Å². The number of aryl methyl sites for hydroxylation is 1. The lowest BCUT2D eigenvalue weighted by Gasteiger charge is -2.14. The van der Waals surface area contributed by atoms with Crippen LogP contribution in [0.5, 0.6) is 0 Å². The highest BCUT2D eigenvalue weighted by atomic mass is 16.2. The van der Waals surface area contributed by atoms with Crippen LogP contribution in [0.3, 0.4) is 0 Å². The van der Waals surface area contributed by atoms with Crippen molar-refractivity contribution in [3.8, 4) is 0 Å². The molecule has 3 aromatic rings. The van der Waals surface area contributed by atoms with Gasteiger partial charge in [0.2, 0.25) is 0 Å². The molecule has 8 nitrogen and oxygen atoms in total. The number of aromatic nitrogens is 2. The molecule has 0 bridgehead atoms. The number of nitrogens with one attached hydrogen (secondary N) is 3. The predicted molar refractivity (Wildman–Crippen MR) is 108 cm³/mol. The molecule has 28 heavy (non-hydrogen) atoms. The summed E-state index contributed by atoms with van der Waals surface area (Å²) >= 11 is 0. The highest BCUT2D eigenvalue weighted by Gasteiger charge is 2.12. The Kier molecular flexibility index (Phi) is 5.50. The van der Waals surface area contributed by atoms with E-state index in [9.17, 15) is 9.59 Å². The maximum absolute atomic E-state index is 12.3. The first kappa shape index (κ1) is 18.8. The summed E-state index contributed by atoms with van der Waals surface area (Å²) in [5.74, 6) is 0.326. The lowest BCUT2D eigenvalue weighted by molar-refractivity contribution is 0.0960. The van der Waals surface area contributed by atoms with E-state index in [1.54, 1.807) is 36.4 Å². The molecular formula is C20H20N6O2. The van der Waals surface area contributed by atoms with Gasteiger partial charge in [0.1, 0.15) is 12.0 Å². The molecule has 1 heterocycles. The van der Waals surface area contributed by atoms with Gasteiger partial charge in [-0.25, -0.2) is 9.97 Å². The zero-order valence-corrected chi connectivity index (χ0v) is 15.5. The van der Waals surface area contributed by atoms with Gasteiger partial charge < -0.3 is 11.1 Å². The van der Waals surface area contributed by atoms with Crippen molar-refractivity contribution < 1.29 is 9.59 Å². The Morgan fingerprint density at radius 3 is 2.32 bits per heavy atom. The molecule has 1 amide bonds. The van der Waals surface area contributed by atoms with Gasteiger partial charge in [-0.3, -0.25) is 20.4 Å². The molecule has 0 atom stereocenters. The van der Waals surface area contributed by atoms with E-state index in [1.807, 2.05) is 19.1 Å². The fraction of sp³-hybridized carbons (Fsp3) is 0.100. The molecule has 0 aliphatic rings. The molecule has 2 aromatic carbocycles. The monoisotopic (exact) mass is 376 g/mol. The standard InChI is InChI=1S/C20H20N6O2/c1-12-5-3-4-6-16(12)20(28)26-25-19-17(21)18(22-11-23-19)24-15-9-7-14(8-10-15)13(2)27/h3-11H,21H2,1-2H3,(H,26,28)(H2,22,23,24,25). The van der Waals surface area contributed by atoms with Crippen molar-refractivity contribution in [2.45, 2.75) is 13.8 Å². The maximum atomic E-state index is 12.3. The Morgan fingerprint density at radius 2 is 1.64 bits per heavy atom. The first-order valence-corrected chi connectivity index (χ1v) is 8.56. The molecule has 3 rings (SSSR count). The smallest absolute Gasteiger partial charge is 0.269 e. The normalized spacial score (nSPS) is 10.2. The van der Waals surface area contributed by atoms with E-state index in [2.05, 4.69) is 26.1 Å². The number of Topliss-reactive ketones (excluding diaryl/α,β-unsaturated/α-hetero) is 1. The Morgan fingerprint density at radius 1 is 0.964 bits per heavy atom. The van der Waals surface area contributed by atoms with Crippen molar-refractivity contribution in [1.82, 2.24) is 15.4 Å². The van der Waals surface area contributed by atoms with Crippen LogP contribution < -0.4 is 21.9 Å². The van der Waals surface area contributed by atoms with Crippen molar-refractivity contribution in [3.63, 3.8) is 0 Å². The second-order valence-corrected chi connectivity index (χ2v) is 6.14. The van der Waals surface area contributed by atoms with E-state index in [0.29, 0.717) is 22.6 Å². The van der Waals surface area contributed by atoms with Gasteiger partial charge in [-0.05, 0) is 49.7 Å². The highest BCUT2D eigenvalue weighted by molar-refractivity contribution is 5.96. The van der Waals surface area contributed by atoms with E-state index in [-0.39, 0.29) is 23.2 Å². The number of carbonyl (C=O) groups excluding carboxylic acids is 2. The number of hydrogen-bond donors (Lipinski definition) is 4. The number of nitrogens with two attached hydrogens (primary N) is 1. The molecule has 0 unspecified atom stereocenters. The second kappa shape index (κ2) is 8.17. The van der Waals surface area contributed by atoms with Gasteiger partial charge in [-0.2, -0.15) is 0 Å². The van der Waals surface area contributed by atoms with Crippen LogP contribution in [0.4, 0.5) is 23.0 Å². The second-order valence-electron chi connectivity index (χ2n) is 6.14. The molecule has 0 saturated carbocycles. The molecule has 0 fully saturated rings. The number of hydrogen-bond acceptors (Lipinski definition) is 7. The third kappa shape index (κ3) is 4.24. The van der Waals surface area contributed by atoms with Crippen molar-refractivity contribution in [3.05, 3.63) is 71.5 Å². The number of amides is 1. The number of nitrogen functional groups attached to an aromatic ring is 1. The summed E-state index contributed by atoms with van der Waals surface area (Å²) in [6.45, 7) is 3.36. The number of nitrogens with zero attached hydrogens (tertiary/aromatic N) is 2.